The number of carbonyl (C=O) groups excluding carboxylic acids is 1. The Balaban J connectivity index is 1.74. The van der Waals surface area contributed by atoms with Crippen molar-refractivity contribution in [1.29, 1.82) is 0 Å². The summed E-state index contributed by atoms with van der Waals surface area (Å²) < 4.78 is 0. The monoisotopic (exact) mass is 252 g/mol. The first kappa shape index (κ1) is 13.9. The summed E-state index contributed by atoms with van der Waals surface area (Å²) in [5.74, 6) is 0.961. The van der Waals surface area contributed by atoms with Gasteiger partial charge in [-0.3, -0.25) is 4.79 Å². The molecule has 0 aromatic carbocycles. The molecule has 0 heterocycles. The predicted molar refractivity (Wildman–Crippen MR) is 74.2 cm³/mol. The minimum absolute atomic E-state index is 0.109. The van der Waals surface area contributed by atoms with Gasteiger partial charge >= 0.3 is 0 Å². The van der Waals surface area contributed by atoms with Crippen LogP contribution in [-0.2, 0) is 4.79 Å². The summed E-state index contributed by atoms with van der Waals surface area (Å²) in [4.78, 5) is 12.1. The Morgan fingerprint density at radius 3 is 2.39 bits per heavy atom. The van der Waals surface area contributed by atoms with E-state index in [0.29, 0.717) is 13.0 Å². The summed E-state index contributed by atoms with van der Waals surface area (Å²) in [6.45, 7) is 1.56. The average Bonchev–Trinajstić information content (AvgIpc) is 2.91. The minimum atomic E-state index is 0.109. The van der Waals surface area contributed by atoms with Gasteiger partial charge in [0.05, 0.1) is 0 Å². The first-order chi connectivity index (χ1) is 8.74. The molecule has 1 amide bonds. The second kappa shape index (κ2) is 6.55. The Kier molecular flexibility index (Phi) is 5.04. The zero-order chi connectivity index (χ0) is 12.8. The van der Waals surface area contributed by atoms with Crippen molar-refractivity contribution in [3.63, 3.8) is 0 Å². The van der Waals surface area contributed by atoms with Crippen molar-refractivity contribution in [2.45, 2.75) is 64.2 Å². The number of nitrogens with two attached hydrogens (primary N) is 1. The molecule has 0 aromatic rings. The fourth-order valence-corrected chi connectivity index (χ4v) is 3.63. The van der Waals surface area contributed by atoms with Crippen molar-refractivity contribution in [3.05, 3.63) is 0 Å². The topological polar surface area (TPSA) is 55.1 Å². The van der Waals surface area contributed by atoms with Gasteiger partial charge in [0.2, 0.25) is 5.91 Å². The standard InChI is InChI=1S/C15H28N2O/c16-12-15(8-4-1-5-9-15)10-14(18)17-11-13-6-2-3-7-13/h13H,1-12,16H2,(H,17,18). The van der Waals surface area contributed by atoms with Crippen LogP contribution < -0.4 is 11.1 Å². The maximum Gasteiger partial charge on any atom is 0.220 e. The summed E-state index contributed by atoms with van der Waals surface area (Å²) in [7, 11) is 0. The molecule has 2 rings (SSSR count). The van der Waals surface area contributed by atoms with Crippen molar-refractivity contribution in [1.82, 2.24) is 5.32 Å². The highest BCUT2D eigenvalue weighted by molar-refractivity contribution is 5.76. The third-order valence-corrected chi connectivity index (χ3v) is 4.95. The molecule has 3 nitrogen and oxygen atoms in total. The van der Waals surface area contributed by atoms with E-state index >= 15 is 0 Å². The van der Waals surface area contributed by atoms with Gasteiger partial charge in [0.15, 0.2) is 0 Å². The van der Waals surface area contributed by atoms with Crippen LogP contribution in [0.5, 0.6) is 0 Å². The molecule has 2 fully saturated rings. The lowest BCUT2D eigenvalue weighted by molar-refractivity contribution is -0.124. The lowest BCUT2D eigenvalue weighted by atomic mass is 9.71. The molecule has 2 saturated carbocycles. The Morgan fingerprint density at radius 2 is 1.78 bits per heavy atom. The van der Waals surface area contributed by atoms with Crippen molar-refractivity contribution in [3.8, 4) is 0 Å². The number of hydrogen-bond acceptors (Lipinski definition) is 2. The van der Waals surface area contributed by atoms with E-state index in [0.717, 1.165) is 25.3 Å². The lowest BCUT2D eigenvalue weighted by Gasteiger charge is -2.35. The number of carbonyl (C=O) groups is 1. The fraction of sp³-hybridized carbons (Fsp3) is 0.933. The van der Waals surface area contributed by atoms with E-state index in [9.17, 15) is 4.79 Å². The van der Waals surface area contributed by atoms with Crippen LogP contribution in [0, 0.1) is 11.3 Å². The summed E-state index contributed by atoms with van der Waals surface area (Å²) in [6, 6.07) is 0. The lowest BCUT2D eigenvalue weighted by Crippen LogP contribution is -2.39. The number of hydrogen-bond donors (Lipinski definition) is 2. The third-order valence-electron chi connectivity index (χ3n) is 4.95. The van der Waals surface area contributed by atoms with Gasteiger partial charge in [-0.15, -0.1) is 0 Å². The zero-order valence-corrected chi connectivity index (χ0v) is 11.5. The van der Waals surface area contributed by atoms with Gasteiger partial charge in [-0.2, -0.15) is 0 Å². The second-order valence-corrected chi connectivity index (χ2v) is 6.40. The predicted octanol–water partition coefficient (Wildman–Crippen LogP) is 2.59. The highest BCUT2D eigenvalue weighted by atomic mass is 16.1. The van der Waals surface area contributed by atoms with Gasteiger partial charge in [-0.25, -0.2) is 0 Å². The van der Waals surface area contributed by atoms with Gasteiger partial charge in [-0.1, -0.05) is 32.1 Å². The first-order valence-electron chi connectivity index (χ1n) is 7.71. The SMILES string of the molecule is NCC1(CC(=O)NCC2CCCC2)CCCCC1. The van der Waals surface area contributed by atoms with Gasteiger partial charge < -0.3 is 11.1 Å². The normalized spacial score (nSPS) is 24.1. The van der Waals surface area contributed by atoms with Crippen molar-refractivity contribution < 1.29 is 4.79 Å². The van der Waals surface area contributed by atoms with Crippen LogP contribution in [0.2, 0.25) is 0 Å². The quantitative estimate of drug-likeness (QED) is 0.790. The molecular weight excluding hydrogens is 224 g/mol. The van der Waals surface area contributed by atoms with E-state index in [1.165, 1.54) is 44.9 Å². The Bertz CT molecular complexity index is 266. The van der Waals surface area contributed by atoms with Gasteiger partial charge in [0.1, 0.15) is 0 Å². The molecule has 104 valence electrons. The largest absolute Gasteiger partial charge is 0.356 e. The highest BCUT2D eigenvalue weighted by Gasteiger charge is 2.33. The molecule has 0 atom stereocenters. The maximum absolute atomic E-state index is 12.1. The summed E-state index contributed by atoms with van der Waals surface area (Å²) >= 11 is 0. The smallest absolute Gasteiger partial charge is 0.220 e. The number of nitrogens with one attached hydrogen (secondary N) is 1. The van der Waals surface area contributed by atoms with Gasteiger partial charge in [0, 0.05) is 13.0 Å². The van der Waals surface area contributed by atoms with Crippen LogP contribution in [0.1, 0.15) is 64.2 Å². The van der Waals surface area contributed by atoms with Crippen LogP contribution in [0.25, 0.3) is 0 Å². The summed E-state index contributed by atoms with van der Waals surface area (Å²) in [6.07, 6.45) is 12.0. The first-order valence-corrected chi connectivity index (χ1v) is 7.71. The molecule has 2 aliphatic carbocycles. The molecule has 2 aliphatic rings. The second-order valence-electron chi connectivity index (χ2n) is 6.40. The molecule has 0 unspecified atom stereocenters. The molecule has 0 spiro atoms. The summed E-state index contributed by atoms with van der Waals surface area (Å²) in [5.41, 5.74) is 6.03. The van der Waals surface area contributed by atoms with Crippen molar-refractivity contribution in [2.75, 3.05) is 13.1 Å². The van der Waals surface area contributed by atoms with E-state index in [1.807, 2.05) is 0 Å². The molecule has 0 saturated heterocycles. The van der Waals surface area contributed by atoms with Gasteiger partial charge in [-0.05, 0) is 43.6 Å². The molecule has 3 heteroatoms. The van der Waals surface area contributed by atoms with E-state index < -0.39 is 0 Å². The van der Waals surface area contributed by atoms with Gasteiger partial charge in [0.25, 0.3) is 0 Å². The van der Waals surface area contributed by atoms with Crippen molar-refractivity contribution >= 4 is 5.91 Å². The van der Waals surface area contributed by atoms with Crippen LogP contribution in [0.4, 0.5) is 0 Å². The van der Waals surface area contributed by atoms with Crippen LogP contribution in [-0.4, -0.2) is 19.0 Å². The molecule has 0 radical (unpaired) electrons. The van der Waals surface area contributed by atoms with E-state index in [4.69, 9.17) is 5.73 Å². The van der Waals surface area contributed by atoms with Crippen molar-refractivity contribution in [2.24, 2.45) is 17.1 Å². The molecular formula is C15H28N2O. The van der Waals surface area contributed by atoms with E-state index in [2.05, 4.69) is 5.32 Å². The molecule has 3 N–H and O–H groups in total. The Hall–Kier alpha value is -0.570. The molecule has 0 bridgehead atoms. The average molecular weight is 252 g/mol. The Labute approximate surface area is 111 Å². The zero-order valence-electron chi connectivity index (χ0n) is 11.5. The number of rotatable bonds is 5. The third kappa shape index (κ3) is 3.71. The maximum atomic E-state index is 12.1. The van der Waals surface area contributed by atoms with E-state index in [-0.39, 0.29) is 11.3 Å². The molecule has 18 heavy (non-hydrogen) atoms. The summed E-state index contributed by atoms with van der Waals surface area (Å²) in [5, 5.41) is 3.14. The highest BCUT2D eigenvalue weighted by Crippen LogP contribution is 2.38. The van der Waals surface area contributed by atoms with Crippen LogP contribution in [0.3, 0.4) is 0 Å². The van der Waals surface area contributed by atoms with E-state index in [1.54, 1.807) is 0 Å². The number of amides is 1. The Morgan fingerprint density at radius 1 is 1.11 bits per heavy atom. The van der Waals surface area contributed by atoms with Crippen LogP contribution >= 0.6 is 0 Å². The molecule has 0 aliphatic heterocycles. The fourth-order valence-electron chi connectivity index (χ4n) is 3.63. The minimum Gasteiger partial charge on any atom is -0.356 e. The van der Waals surface area contributed by atoms with Crippen LogP contribution in [0.15, 0.2) is 0 Å². The molecule has 0 aromatic heterocycles.